The van der Waals surface area contributed by atoms with Crippen molar-refractivity contribution in [3.05, 3.63) is 91.2 Å². The van der Waals surface area contributed by atoms with Crippen LogP contribution in [-0.4, -0.2) is 19.5 Å². The van der Waals surface area contributed by atoms with Gasteiger partial charge in [0.05, 0.1) is 5.69 Å². The number of aromatic nitrogens is 4. The molecule has 0 aliphatic carbocycles. The van der Waals surface area contributed by atoms with E-state index in [0.717, 1.165) is 10.1 Å². The van der Waals surface area contributed by atoms with Crippen molar-refractivity contribution in [3.63, 3.8) is 0 Å². The third-order valence-electron chi connectivity index (χ3n) is 4.01. The normalized spacial score (nSPS) is 11.1. The summed E-state index contributed by atoms with van der Waals surface area (Å²) in [4.78, 5) is 36.5. The lowest BCUT2D eigenvalue weighted by Crippen LogP contribution is -2.34. The van der Waals surface area contributed by atoms with E-state index in [4.69, 9.17) is 23.2 Å². The monoisotopic (exact) mass is 430 g/mol. The average molecular weight is 431 g/mol. The number of nitrogens with one attached hydrogen (secondary N) is 1. The Morgan fingerprint density at radius 2 is 1.89 bits per heavy atom. The summed E-state index contributed by atoms with van der Waals surface area (Å²) in [6, 6.07) is 14.0. The van der Waals surface area contributed by atoms with Crippen LogP contribution in [0, 0.1) is 0 Å². The number of H-pyrrole nitrogens is 1. The molecule has 140 valence electrons. The lowest BCUT2D eigenvalue weighted by atomic mass is 10.2. The number of nitrogens with zero attached hydrogens (tertiary/aromatic N) is 3. The molecule has 0 atom stereocenters. The van der Waals surface area contributed by atoms with Crippen molar-refractivity contribution in [1.82, 2.24) is 19.5 Å². The summed E-state index contributed by atoms with van der Waals surface area (Å²) < 4.78 is 1.01. The molecule has 0 bridgehead atoms. The molecule has 2 heterocycles. The highest BCUT2D eigenvalue weighted by Crippen LogP contribution is 2.24. The van der Waals surface area contributed by atoms with E-state index in [0.29, 0.717) is 26.6 Å². The molecule has 2 aromatic carbocycles. The molecule has 0 spiro atoms. The minimum absolute atomic E-state index is 0.185. The predicted molar refractivity (Wildman–Crippen MR) is 112 cm³/mol. The van der Waals surface area contributed by atoms with Gasteiger partial charge in [-0.1, -0.05) is 59.2 Å². The van der Waals surface area contributed by atoms with E-state index in [1.807, 2.05) is 24.3 Å². The summed E-state index contributed by atoms with van der Waals surface area (Å²) in [5.41, 5.74) is 0.398. The lowest BCUT2D eigenvalue weighted by molar-refractivity contribution is 0.877. The van der Waals surface area contributed by atoms with Crippen LogP contribution >= 0.6 is 35.0 Å². The van der Waals surface area contributed by atoms with Crippen molar-refractivity contribution in [2.45, 2.75) is 10.9 Å². The van der Waals surface area contributed by atoms with Crippen molar-refractivity contribution < 1.29 is 0 Å². The Morgan fingerprint density at radius 1 is 1.07 bits per heavy atom. The molecule has 4 aromatic rings. The van der Waals surface area contributed by atoms with Crippen LogP contribution < -0.4 is 11.2 Å². The Kier molecular flexibility index (Phi) is 5.21. The zero-order valence-electron chi connectivity index (χ0n) is 14.2. The van der Waals surface area contributed by atoms with Crippen molar-refractivity contribution in [1.29, 1.82) is 0 Å². The van der Waals surface area contributed by atoms with Crippen molar-refractivity contribution in [2.75, 3.05) is 0 Å². The molecule has 0 amide bonds. The molecule has 0 unspecified atom stereocenters. The summed E-state index contributed by atoms with van der Waals surface area (Å²) in [6.45, 7) is 0. The lowest BCUT2D eigenvalue weighted by Gasteiger charge is -2.07. The predicted octanol–water partition coefficient (Wildman–Crippen LogP) is 4.07. The van der Waals surface area contributed by atoms with E-state index >= 15 is 0 Å². The van der Waals surface area contributed by atoms with Crippen molar-refractivity contribution >= 4 is 46.0 Å². The second-order valence-corrected chi connectivity index (χ2v) is 7.63. The van der Waals surface area contributed by atoms with E-state index in [1.54, 1.807) is 24.3 Å². The largest absolute Gasteiger partial charge is 0.334 e. The van der Waals surface area contributed by atoms with E-state index in [2.05, 4.69) is 15.0 Å². The van der Waals surface area contributed by atoms with Gasteiger partial charge in [0.15, 0.2) is 10.8 Å². The first-order valence-electron chi connectivity index (χ1n) is 8.17. The fourth-order valence-electron chi connectivity index (χ4n) is 2.66. The Balaban J connectivity index is 1.72. The van der Waals surface area contributed by atoms with Crippen LogP contribution in [0.1, 0.15) is 5.56 Å². The summed E-state index contributed by atoms with van der Waals surface area (Å²) in [6.07, 6.45) is 1.41. The molecule has 28 heavy (non-hydrogen) atoms. The fraction of sp³-hybridized carbons (Fsp3) is 0.0526. The first-order valence-corrected chi connectivity index (χ1v) is 9.91. The first kappa shape index (κ1) is 18.7. The molecular formula is C19H12Cl2N4O2S. The second kappa shape index (κ2) is 7.79. The van der Waals surface area contributed by atoms with Crippen LogP contribution in [0.4, 0.5) is 0 Å². The Bertz CT molecular complexity index is 1300. The van der Waals surface area contributed by atoms with Gasteiger partial charge in [-0.25, -0.2) is 19.3 Å². The zero-order chi connectivity index (χ0) is 19.7. The minimum Gasteiger partial charge on any atom is -0.291 e. The van der Waals surface area contributed by atoms with Crippen LogP contribution in [0.15, 0.2) is 69.5 Å². The van der Waals surface area contributed by atoms with Gasteiger partial charge in [0.25, 0.3) is 5.56 Å². The van der Waals surface area contributed by atoms with Gasteiger partial charge in [0.1, 0.15) is 5.39 Å². The molecule has 0 fully saturated rings. The number of rotatable bonds is 4. The van der Waals surface area contributed by atoms with Crippen LogP contribution in [0.5, 0.6) is 0 Å². The van der Waals surface area contributed by atoms with Gasteiger partial charge >= 0.3 is 5.69 Å². The number of fused-ring (bicyclic) bond motifs is 1. The number of thioether (sulfide) groups is 1. The third-order valence-corrected chi connectivity index (χ3v) is 5.52. The number of aromatic amines is 1. The average Bonchev–Trinajstić information content (AvgIpc) is 2.67. The maximum absolute atomic E-state index is 12.8. The van der Waals surface area contributed by atoms with E-state index in [-0.39, 0.29) is 11.0 Å². The van der Waals surface area contributed by atoms with Gasteiger partial charge in [0.2, 0.25) is 0 Å². The van der Waals surface area contributed by atoms with Crippen molar-refractivity contribution in [2.24, 2.45) is 0 Å². The molecule has 0 aliphatic rings. The van der Waals surface area contributed by atoms with Crippen LogP contribution in [0.3, 0.4) is 0 Å². The van der Waals surface area contributed by atoms with Gasteiger partial charge < -0.3 is 0 Å². The molecule has 0 radical (unpaired) electrons. The van der Waals surface area contributed by atoms with E-state index < -0.39 is 11.2 Å². The molecule has 0 aliphatic heterocycles. The summed E-state index contributed by atoms with van der Waals surface area (Å²) >= 11 is 13.5. The van der Waals surface area contributed by atoms with Gasteiger partial charge in [-0.3, -0.25) is 9.78 Å². The molecular weight excluding hydrogens is 419 g/mol. The Labute approximate surface area is 173 Å². The SMILES string of the molecule is O=c1[nH]c2nc(SCc3ccccc3Cl)ncc2c(=O)n1-c1cccc(Cl)c1. The number of halogens is 2. The molecule has 0 saturated carbocycles. The second-order valence-electron chi connectivity index (χ2n) is 5.85. The summed E-state index contributed by atoms with van der Waals surface area (Å²) in [5.74, 6) is 0.564. The number of hydrogen-bond acceptors (Lipinski definition) is 5. The molecule has 9 heteroatoms. The maximum Gasteiger partial charge on any atom is 0.334 e. The van der Waals surface area contributed by atoms with Gasteiger partial charge in [0, 0.05) is 22.0 Å². The Morgan fingerprint density at radius 3 is 2.68 bits per heavy atom. The number of benzene rings is 2. The smallest absolute Gasteiger partial charge is 0.291 e. The summed E-state index contributed by atoms with van der Waals surface area (Å²) in [7, 11) is 0. The van der Waals surface area contributed by atoms with Crippen molar-refractivity contribution in [3.8, 4) is 5.69 Å². The van der Waals surface area contributed by atoms with Crippen LogP contribution in [0.25, 0.3) is 16.7 Å². The van der Waals surface area contributed by atoms with Crippen LogP contribution in [-0.2, 0) is 5.75 Å². The van der Waals surface area contributed by atoms with E-state index in [9.17, 15) is 9.59 Å². The highest BCUT2D eigenvalue weighted by molar-refractivity contribution is 7.98. The molecule has 0 saturated heterocycles. The van der Waals surface area contributed by atoms with E-state index in [1.165, 1.54) is 18.0 Å². The van der Waals surface area contributed by atoms with Crippen LogP contribution in [0.2, 0.25) is 10.0 Å². The van der Waals surface area contributed by atoms with Gasteiger partial charge in [-0.15, -0.1) is 0 Å². The maximum atomic E-state index is 12.8. The molecule has 4 rings (SSSR count). The highest BCUT2D eigenvalue weighted by atomic mass is 35.5. The van der Waals surface area contributed by atoms with Gasteiger partial charge in [-0.05, 0) is 29.8 Å². The molecule has 6 nitrogen and oxygen atoms in total. The topological polar surface area (TPSA) is 80.6 Å². The minimum atomic E-state index is -0.597. The standard InChI is InChI=1S/C19H12Cl2N4O2S/c20-12-5-3-6-13(8-12)25-17(26)14-9-22-18(23-16(14)24-19(25)27)28-10-11-4-1-2-7-15(11)21/h1-9H,10H2,(H,22,23,24,27). The number of hydrogen-bond donors (Lipinski definition) is 1. The first-order chi connectivity index (χ1) is 13.5. The Hall–Kier alpha value is -2.61. The van der Waals surface area contributed by atoms with Gasteiger partial charge in [-0.2, -0.15) is 0 Å². The molecule has 1 N–H and O–H groups in total. The third kappa shape index (κ3) is 3.69. The molecule has 2 aromatic heterocycles. The zero-order valence-corrected chi connectivity index (χ0v) is 16.6. The fourth-order valence-corrected chi connectivity index (χ4v) is 3.95. The summed E-state index contributed by atoms with van der Waals surface area (Å²) in [5, 5.41) is 1.73. The highest BCUT2D eigenvalue weighted by Gasteiger charge is 2.12. The quantitative estimate of drug-likeness (QED) is 0.389.